The number of amides is 1. The highest BCUT2D eigenvalue weighted by Gasteiger charge is 2.22. The molecule has 0 bridgehead atoms. The van der Waals surface area contributed by atoms with Crippen molar-refractivity contribution in [2.45, 2.75) is 6.54 Å². The van der Waals surface area contributed by atoms with Gasteiger partial charge in [-0.25, -0.2) is 4.79 Å². The maximum atomic E-state index is 11.3. The van der Waals surface area contributed by atoms with Crippen molar-refractivity contribution in [3.05, 3.63) is 29.3 Å². The highest BCUT2D eigenvalue weighted by atomic mass is 16.6. The van der Waals surface area contributed by atoms with Gasteiger partial charge in [-0.15, -0.1) is 0 Å². The lowest BCUT2D eigenvalue weighted by atomic mass is 10.1. The molecule has 0 saturated carbocycles. The number of rotatable bonds is 4. The second-order valence-electron chi connectivity index (χ2n) is 3.77. The van der Waals surface area contributed by atoms with Gasteiger partial charge in [-0.05, 0) is 23.8 Å². The largest absolute Gasteiger partial charge is 0.497 e. The standard InChI is InChI=1S/C12H13NO4/c1-16-11-5-9(4-10(6-11)8-14)7-13-2-3-17-12(13)15/h4-6,8H,2-3,7H2,1H3. The molecule has 0 N–H and O–H groups in total. The molecule has 5 nitrogen and oxygen atoms in total. The third kappa shape index (κ3) is 2.55. The molecule has 0 aliphatic carbocycles. The summed E-state index contributed by atoms with van der Waals surface area (Å²) in [4.78, 5) is 23.6. The van der Waals surface area contributed by atoms with Crippen molar-refractivity contribution >= 4 is 12.4 Å². The van der Waals surface area contributed by atoms with Crippen LogP contribution < -0.4 is 4.74 Å². The van der Waals surface area contributed by atoms with Crippen molar-refractivity contribution in [2.24, 2.45) is 0 Å². The molecule has 1 aliphatic rings. The molecule has 0 atom stereocenters. The maximum absolute atomic E-state index is 11.3. The lowest BCUT2D eigenvalue weighted by Gasteiger charge is -2.13. The molecule has 1 aliphatic heterocycles. The minimum atomic E-state index is -0.319. The van der Waals surface area contributed by atoms with Crippen LogP contribution in [-0.4, -0.2) is 37.5 Å². The van der Waals surface area contributed by atoms with Crippen molar-refractivity contribution in [3.63, 3.8) is 0 Å². The summed E-state index contributed by atoms with van der Waals surface area (Å²) in [6, 6.07) is 5.19. The van der Waals surface area contributed by atoms with Crippen molar-refractivity contribution in [1.29, 1.82) is 0 Å². The molecule has 2 rings (SSSR count). The molecule has 0 radical (unpaired) electrons. The SMILES string of the molecule is COc1cc(C=O)cc(CN2CCOC2=O)c1. The minimum Gasteiger partial charge on any atom is -0.497 e. The predicted molar refractivity (Wildman–Crippen MR) is 60.1 cm³/mol. The first kappa shape index (κ1) is 11.4. The Balaban J connectivity index is 2.19. The van der Waals surface area contributed by atoms with Gasteiger partial charge in [0.1, 0.15) is 18.6 Å². The Labute approximate surface area is 98.9 Å². The molecule has 0 aromatic heterocycles. The summed E-state index contributed by atoms with van der Waals surface area (Å²) in [5, 5.41) is 0. The van der Waals surface area contributed by atoms with Crippen LogP contribution in [0, 0.1) is 0 Å². The van der Waals surface area contributed by atoms with Gasteiger partial charge in [0.15, 0.2) is 0 Å². The molecule has 1 fully saturated rings. The number of hydrogen-bond acceptors (Lipinski definition) is 4. The van der Waals surface area contributed by atoms with E-state index >= 15 is 0 Å². The molecule has 0 unspecified atom stereocenters. The Bertz CT molecular complexity index is 444. The average molecular weight is 235 g/mol. The second-order valence-corrected chi connectivity index (χ2v) is 3.77. The molecule has 1 amide bonds. The molecular formula is C12H13NO4. The summed E-state index contributed by atoms with van der Waals surface area (Å²) in [5.41, 5.74) is 1.39. The third-order valence-corrected chi connectivity index (χ3v) is 2.58. The van der Waals surface area contributed by atoms with E-state index in [9.17, 15) is 9.59 Å². The first-order valence-corrected chi connectivity index (χ1v) is 5.28. The maximum Gasteiger partial charge on any atom is 0.410 e. The third-order valence-electron chi connectivity index (χ3n) is 2.58. The molecule has 1 aromatic rings. The normalized spacial score (nSPS) is 14.6. The van der Waals surface area contributed by atoms with E-state index in [1.54, 1.807) is 23.1 Å². The Morgan fingerprint density at radius 2 is 2.29 bits per heavy atom. The van der Waals surface area contributed by atoms with Gasteiger partial charge < -0.3 is 14.4 Å². The van der Waals surface area contributed by atoms with E-state index < -0.39 is 0 Å². The van der Waals surface area contributed by atoms with E-state index in [1.807, 2.05) is 0 Å². The molecule has 17 heavy (non-hydrogen) atoms. The highest BCUT2D eigenvalue weighted by molar-refractivity contribution is 5.76. The molecule has 1 saturated heterocycles. The van der Waals surface area contributed by atoms with Crippen LogP contribution in [0.4, 0.5) is 4.79 Å². The number of nitrogens with zero attached hydrogens (tertiary/aromatic N) is 1. The van der Waals surface area contributed by atoms with E-state index in [0.29, 0.717) is 31.0 Å². The molecule has 1 aromatic carbocycles. The minimum absolute atomic E-state index is 0.319. The van der Waals surface area contributed by atoms with E-state index in [4.69, 9.17) is 9.47 Å². The predicted octanol–water partition coefficient (Wildman–Crippen LogP) is 1.46. The van der Waals surface area contributed by atoms with Gasteiger partial charge in [0.05, 0.1) is 13.7 Å². The van der Waals surface area contributed by atoms with Gasteiger partial charge in [0, 0.05) is 12.1 Å². The fourth-order valence-corrected chi connectivity index (χ4v) is 1.75. The zero-order valence-corrected chi connectivity index (χ0v) is 9.51. The van der Waals surface area contributed by atoms with Crippen molar-refractivity contribution in [3.8, 4) is 5.75 Å². The number of hydrogen-bond donors (Lipinski definition) is 0. The Morgan fingerprint density at radius 1 is 1.47 bits per heavy atom. The number of aldehydes is 1. The Morgan fingerprint density at radius 3 is 2.88 bits per heavy atom. The zero-order chi connectivity index (χ0) is 12.3. The smallest absolute Gasteiger partial charge is 0.410 e. The summed E-state index contributed by atoms with van der Waals surface area (Å²) in [6.45, 7) is 1.42. The van der Waals surface area contributed by atoms with E-state index in [0.717, 1.165) is 11.8 Å². The van der Waals surface area contributed by atoms with E-state index in [-0.39, 0.29) is 6.09 Å². The van der Waals surface area contributed by atoms with Crippen LogP contribution in [0.1, 0.15) is 15.9 Å². The van der Waals surface area contributed by atoms with Gasteiger partial charge in [0.25, 0.3) is 0 Å². The lowest BCUT2D eigenvalue weighted by molar-refractivity contribution is 0.112. The van der Waals surface area contributed by atoms with Gasteiger partial charge in [-0.2, -0.15) is 0 Å². The number of ether oxygens (including phenoxy) is 2. The summed E-state index contributed by atoms with van der Waals surface area (Å²) in [6.07, 6.45) is 0.439. The summed E-state index contributed by atoms with van der Waals surface area (Å²) >= 11 is 0. The average Bonchev–Trinajstić information content (AvgIpc) is 2.74. The van der Waals surface area contributed by atoms with Gasteiger partial charge >= 0.3 is 6.09 Å². The van der Waals surface area contributed by atoms with E-state index in [2.05, 4.69) is 0 Å². The summed E-state index contributed by atoms with van der Waals surface area (Å²) < 4.78 is 9.93. The number of methoxy groups -OCH3 is 1. The number of cyclic esters (lactones) is 1. The second kappa shape index (κ2) is 4.86. The topological polar surface area (TPSA) is 55.8 Å². The van der Waals surface area contributed by atoms with Crippen LogP contribution in [0.15, 0.2) is 18.2 Å². The number of carbonyl (C=O) groups is 2. The first-order chi connectivity index (χ1) is 8.22. The Hall–Kier alpha value is -2.04. The number of benzene rings is 1. The lowest BCUT2D eigenvalue weighted by Crippen LogP contribution is -2.23. The fourth-order valence-electron chi connectivity index (χ4n) is 1.75. The molecule has 0 spiro atoms. The van der Waals surface area contributed by atoms with Crippen LogP contribution in [0.3, 0.4) is 0 Å². The van der Waals surface area contributed by atoms with Crippen LogP contribution >= 0.6 is 0 Å². The van der Waals surface area contributed by atoms with Gasteiger partial charge in [-0.3, -0.25) is 4.79 Å². The first-order valence-electron chi connectivity index (χ1n) is 5.28. The fraction of sp³-hybridized carbons (Fsp3) is 0.333. The van der Waals surface area contributed by atoms with Gasteiger partial charge in [-0.1, -0.05) is 0 Å². The van der Waals surface area contributed by atoms with Crippen molar-refractivity contribution in [2.75, 3.05) is 20.3 Å². The summed E-state index contributed by atoms with van der Waals surface area (Å²) in [7, 11) is 1.54. The van der Waals surface area contributed by atoms with Crippen molar-refractivity contribution < 1.29 is 19.1 Å². The molecule has 5 heteroatoms. The van der Waals surface area contributed by atoms with Crippen LogP contribution in [-0.2, 0) is 11.3 Å². The van der Waals surface area contributed by atoms with Crippen LogP contribution in [0.25, 0.3) is 0 Å². The quantitative estimate of drug-likeness (QED) is 0.741. The van der Waals surface area contributed by atoms with Crippen LogP contribution in [0.5, 0.6) is 5.75 Å². The molecule has 90 valence electrons. The Kier molecular flexibility index (Phi) is 3.27. The number of carbonyl (C=O) groups excluding carboxylic acids is 2. The molecular weight excluding hydrogens is 222 g/mol. The van der Waals surface area contributed by atoms with Crippen molar-refractivity contribution in [1.82, 2.24) is 4.90 Å². The van der Waals surface area contributed by atoms with Crippen LogP contribution in [0.2, 0.25) is 0 Å². The highest BCUT2D eigenvalue weighted by Crippen LogP contribution is 2.18. The van der Waals surface area contributed by atoms with E-state index in [1.165, 1.54) is 7.11 Å². The molecule has 1 heterocycles. The van der Waals surface area contributed by atoms with Gasteiger partial charge in [0.2, 0.25) is 0 Å². The summed E-state index contributed by atoms with van der Waals surface area (Å²) in [5.74, 6) is 0.608. The zero-order valence-electron chi connectivity index (χ0n) is 9.51. The monoisotopic (exact) mass is 235 g/mol.